The maximum absolute atomic E-state index is 11.9. The van der Waals surface area contributed by atoms with Crippen LogP contribution in [0.5, 0.6) is 0 Å². The highest BCUT2D eigenvalue weighted by molar-refractivity contribution is 5.80. The first-order valence-electron chi connectivity index (χ1n) is 4.61. The molecule has 0 spiro atoms. The fraction of sp³-hybridized carbons (Fsp3) is 0.250. The Hall–Kier alpha value is -1.57. The fourth-order valence-corrected chi connectivity index (χ4v) is 1.61. The smallest absolute Gasteiger partial charge is 0.196 e. The van der Waals surface area contributed by atoms with E-state index in [1.807, 2.05) is 32.0 Å². The molecule has 0 aliphatic heterocycles. The highest BCUT2D eigenvalue weighted by atomic mass is 16.3. The van der Waals surface area contributed by atoms with Crippen molar-refractivity contribution >= 4 is 11.0 Å². The number of fused-ring (bicyclic) bond motifs is 1. The van der Waals surface area contributed by atoms with E-state index in [-0.39, 0.29) is 5.43 Å². The quantitative estimate of drug-likeness (QED) is 0.636. The van der Waals surface area contributed by atoms with Gasteiger partial charge in [0.25, 0.3) is 0 Å². The van der Waals surface area contributed by atoms with Crippen molar-refractivity contribution in [2.75, 3.05) is 0 Å². The fourth-order valence-electron chi connectivity index (χ4n) is 1.61. The molecule has 0 amide bonds. The van der Waals surface area contributed by atoms with E-state index < -0.39 is 0 Å². The van der Waals surface area contributed by atoms with Gasteiger partial charge in [-0.15, -0.1) is 0 Å². The summed E-state index contributed by atoms with van der Waals surface area (Å²) in [6, 6.07) is 5.65. The van der Waals surface area contributed by atoms with E-state index in [2.05, 4.69) is 0 Å². The summed E-state index contributed by atoms with van der Waals surface area (Å²) in [5.74, 6) is 0.702. The molecule has 0 radical (unpaired) electrons. The first kappa shape index (κ1) is 9.00. The van der Waals surface area contributed by atoms with Gasteiger partial charge in [0, 0.05) is 5.56 Å². The molecule has 1 heterocycles. The summed E-state index contributed by atoms with van der Waals surface area (Å²) in [6.07, 6.45) is 0. The standard InChI is InChI=1S/C12H12O2/c1-7-5-4-6-10-11(7)12(13)8(2)9(3)14-10/h4-6H,1-3H3. The lowest BCUT2D eigenvalue weighted by molar-refractivity contribution is 0.558. The molecule has 0 bridgehead atoms. The normalized spacial score (nSPS) is 10.8. The molecule has 2 heteroatoms. The molecule has 0 aliphatic rings. The van der Waals surface area contributed by atoms with Gasteiger partial charge in [0.15, 0.2) is 5.43 Å². The van der Waals surface area contributed by atoms with E-state index in [1.165, 1.54) is 0 Å². The summed E-state index contributed by atoms with van der Waals surface area (Å²) in [6.45, 7) is 5.54. The minimum absolute atomic E-state index is 0.0850. The van der Waals surface area contributed by atoms with Crippen LogP contribution in [0.25, 0.3) is 11.0 Å². The third-order valence-corrected chi connectivity index (χ3v) is 2.59. The average molecular weight is 188 g/mol. The molecule has 0 aliphatic carbocycles. The lowest BCUT2D eigenvalue weighted by Crippen LogP contribution is -2.08. The molecule has 0 atom stereocenters. The Labute approximate surface area is 82.2 Å². The van der Waals surface area contributed by atoms with Gasteiger partial charge in [-0.25, -0.2) is 0 Å². The Morgan fingerprint density at radius 2 is 1.86 bits per heavy atom. The summed E-state index contributed by atoms with van der Waals surface area (Å²) >= 11 is 0. The molecule has 0 saturated carbocycles. The zero-order valence-corrected chi connectivity index (χ0v) is 8.55. The van der Waals surface area contributed by atoms with Gasteiger partial charge < -0.3 is 4.42 Å². The molecule has 0 saturated heterocycles. The summed E-state index contributed by atoms with van der Waals surface area (Å²) in [5.41, 5.74) is 2.44. The Kier molecular flexibility index (Phi) is 1.92. The van der Waals surface area contributed by atoms with Gasteiger partial charge in [0.1, 0.15) is 11.3 Å². The van der Waals surface area contributed by atoms with Crippen LogP contribution in [0.2, 0.25) is 0 Å². The Balaban J connectivity index is 3.07. The molecule has 2 aromatic rings. The van der Waals surface area contributed by atoms with E-state index in [0.717, 1.165) is 5.56 Å². The second-order valence-electron chi connectivity index (χ2n) is 3.56. The van der Waals surface area contributed by atoms with Gasteiger partial charge in [-0.05, 0) is 32.4 Å². The molecule has 2 rings (SSSR count). The second kappa shape index (κ2) is 2.98. The van der Waals surface area contributed by atoms with Crippen LogP contribution in [0.3, 0.4) is 0 Å². The van der Waals surface area contributed by atoms with Gasteiger partial charge in [-0.3, -0.25) is 4.79 Å². The van der Waals surface area contributed by atoms with Crippen molar-refractivity contribution in [2.45, 2.75) is 20.8 Å². The van der Waals surface area contributed by atoms with E-state index in [1.54, 1.807) is 6.92 Å². The lowest BCUT2D eigenvalue weighted by Gasteiger charge is -2.04. The Morgan fingerprint density at radius 1 is 1.14 bits per heavy atom. The molecule has 14 heavy (non-hydrogen) atoms. The van der Waals surface area contributed by atoms with E-state index >= 15 is 0 Å². The minimum atomic E-state index is 0.0850. The molecular weight excluding hydrogens is 176 g/mol. The van der Waals surface area contributed by atoms with Gasteiger partial charge in [-0.1, -0.05) is 12.1 Å². The number of rotatable bonds is 0. The second-order valence-corrected chi connectivity index (χ2v) is 3.56. The Bertz CT molecular complexity index is 550. The summed E-state index contributed by atoms with van der Waals surface area (Å²) in [5, 5.41) is 0.704. The van der Waals surface area contributed by atoms with Crippen LogP contribution in [-0.2, 0) is 0 Å². The van der Waals surface area contributed by atoms with E-state index in [9.17, 15) is 4.79 Å². The number of hydrogen-bond donors (Lipinski definition) is 0. The van der Waals surface area contributed by atoms with E-state index in [4.69, 9.17) is 4.42 Å². The maximum atomic E-state index is 11.9. The van der Waals surface area contributed by atoms with Crippen molar-refractivity contribution in [3.8, 4) is 0 Å². The molecular formula is C12H12O2. The largest absolute Gasteiger partial charge is 0.461 e. The lowest BCUT2D eigenvalue weighted by atomic mass is 10.1. The minimum Gasteiger partial charge on any atom is -0.461 e. The van der Waals surface area contributed by atoms with Crippen LogP contribution in [0.1, 0.15) is 16.9 Å². The van der Waals surface area contributed by atoms with Crippen LogP contribution in [0, 0.1) is 20.8 Å². The number of benzene rings is 1. The molecule has 0 unspecified atom stereocenters. The average Bonchev–Trinajstić information content (AvgIpc) is 2.14. The molecule has 1 aromatic heterocycles. The van der Waals surface area contributed by atoms with E-state index in [0.29, 0.717) is 22.3 Å². The topological polar surface area (TPSA) is 30.2 Å². The first-order chi connectivity index (χ1) is 6.61. The third kappa shape index (κ3) is 1.15. The van der Waals surface area contributed by atoms with Gasteiger partial charge in [-0.2, -0.15) is 0 Å². The molecule has 72 valence electrons. The highest BCUT2D eigenvalue weighted by Gasteiger charge is 2.08. The number of hydrogen-bond acceptors (Lipinski definition) is 2. The van der Waals surface area contributed by atoms with Crippen molar-refractivity contribution in [2.24, 2.45) is 0 Å². The van der Waals surface area contributed by atoms with Crippen molar-refractivity contribution in [1.29, 1.82) is 0 Å². The predicted octanol–water partition coefficient (Wildman–Crippen LogP) is 2.72. The zero-order valence-electron chi connectivity index (χ0n) is 8.55. The molecule has 0 N–H and O–H groups in total. The molecule has 1 aromatic carbocycles. The molecule has 0 fully saturated rings. The predicted molar refractivity (Wildman–Crippen MR) is 56.7 cm³/mol. The van der Waals surface area contributed by atoms with Crippen LogP contribution in [-0.4, -0.2) is 0 Å². The van der Waals surface area contributed by atoms with Gasteiger partial charge in [0.05, 0.1) is 5.39 Å². The summed E-state index contributed by atoms with van der Waals surface area (Å²) in [7, 11) is 0. The number of aryl methyl sites for hydroxylation is 2. The SMILES string of the molecule is Cc1oc2cccc(C)c2c(=O)c1C. The van der Waals surface area contributed by atoms with Crippen LogP contribution < -0.4 is 5.43 Å². The van der Waals surface area contributed by atoms with Crippen LogP contribution >= 0.6 is 0 Å². The summed E-state index contributed by atoms with van der Waals surface area (Å²) < 4.78 is 5.55. The van der Waals surface area contributed by atoms with Gasteiger partial charge in [0.2, 0.25) is 0 Å². The third-order valence-electron chi connectivity index (χ3n) is 2.59. The monoisotopic (exact) mass is 188 g/mol. The van der Waals surface area contributed by atoms with Crippen molar-refractivity contribution < 1.29 is 4.42 Å². The highest BCUT2D eigenvalue weighted by Crippen LogP contribution is 2.17. The van der Waals surface area contributed by atoms with Crippen molar-refractivity contribution in [1.82, 2.24) is 0 Å². The Morgan fingerprint density at radius 3 is 2.57 bits per heavy atom. The maximum Gasteiger partial charge on any atom is 0.196 e. The van der Waals surface area contributed by atoms with Crippen molar-refractivity contribution in [3.63, 3.8) is 0 Å². The molecule has 2 nitrogen and oxygen atoms in total. The van der Waals surface area contributed by atoms with Crippen LogP contribution in [0.15, 0.2) is 27.4 Å². The summed E-state index contributed by atoms with van der Waals surface area (Å²) in [4.78, 5) is 11.9. The van der Waals surface area contributed by atoms with Crippen molar-refractivity contribution in [3.05, 3.63) is 45.3 Å². The van der Waals surface area contributed by atoms with Gasteiger partial charge >= 0.3 is 0 Å². The first-order valence-corrected chi connectivity index (χ1v) is 4.61. The zero-order chi connectivity index (χ0) is 10.3. The van der Waals surface area contributed by atoms with Crippen LogP contribution in [0.4, 0.5) is 0 Å².